The van der Waals surface area contributed by atoms with Crippen molar-refractivity contribution in [3.8, 4) is 0 Å². The average Bonchev–Trinajstić information content (AvgIpc) is 2.73. The summed E-state index contributed by atoms with van der Waals surface area (Å²) < 4.78 is 28.3. The van der Waals surface area contributed by atoms with E-state index in [-0.39, 0.29) is 18.0 Å². The lowest BCUT2D eigenvalue weighted by Crippen LogP contribution is -2.37. The predicted molar refractivity (Wildman–Crippen MR) is 68.4 cm³/mol. The van der Waals surface area contributed by atoms with E-state index in [1.54, 1.807) is 24.3 Å². The first-order chi connectivity index (χ1) is 8.41. The maximum absolute atomic E-state index is 11.6. The van der Waals surface area contributed by atoms with Gasteiger partial charge in [0.1, 0.15) is 5.60 Å². The van der Waals surface area contributed by atoms with Crippen molar-refractivity contribution in [1.29, 1.82) is 0 Å². The topological polar surface area (TPSA) is 75.6 Å². The number of nitrogens with one attached hydrogen (secondary N) is 1. The Balaban J connectivity index is 2.15. The molecule has 100 valence electrons. The van der Waals surface area contributed by atoms with E-state index in [2.05, 4.69) is 5.32 Å². The Kier molecular flexibility index (Phi) is 3.61. The lowest BCUT2D eigenvalue weighted by Gasteiger charge is -2.22. The molecule has 0 aromatic heterocycles. The first-order valence-corrected chi connectivity index (χ1v) is 7.63. The Morgan fingerprint density at radius 3 is 2.78 bits per heavy atom. The van der Waals surface area contributed by atoms with E-state index >= 15 is 0 Å². The molecule has 1 aromatic rings. The highest BCUT2D eigenvalue weighted by atomic mass is 32.2. The lowest BCUT2D eigenvalue weighted by molar-refractivity contribution is 0.0381. The van der Waals surface area contributed by atoms with Crippen LogP contribution in [0.4, 0.5) is 5.69 Å². The van der Waals surface area contributed by atoms with Gasteiger partial charge in [-0.25, -0.2) is 8.42 Å². The molecule has 1 aromatic carbocycles. The molecule has 1 aliphatic heterocycles. The third-order valence-corrected chi connectivity index (χ3v) is 4.13. The van der Waals surface area contributed by atoms with Crippen LogP contribution in [-0.4, -0.2) is 45.1 Å². The minimum atomic E-state index is -3.27. The number of hydrogen-bond donors (Lipinski definition) is 2. The second-order valence-corrected chi connectivity index (χ2v) is 6.63. The van der Waals surface area contributed by atoms with Crippen molar-refractivity contribution in [2.75, 3.05) is 31.3 Å². The summed E-state index contributed by atoms with van der Waals surface area (Å²) in [5.74, 6) is 0. The predicted octanol–water partition coefficient (Wildman–Crippen LogP) is 0.653. The van der Waals surface area contributed by atoms with Gasteiger partial charge in [0.15, 0.2) is 9.84 Å². The van der Waals surface area contributed by atoms with Crippen LogP contribution >= 0.6 is 0 Å². The molecule has 6 heteroatoms. The normalized spacial score (nSPS) is 24.1. The van der Waals surface area contributed by atoms with E-state index in [0.29, 0.717) is 18.7 Å². The van der Waals surface area contributed by atoms with E-state index in [0.717, 1.165) is 0 Å². The molecule has 0 saturated carbocycles. The molecule has 5 nitrogen and oxygen atoms in total. The second-order valence-electron chi connectivity index (χ2n) is 4.65. The molecule has 1 fully saturated rings. The van der Waals surface area contributed by atoms with Crippen molar-refractivity contribution < 1.29 is 18.3 Å². The third-order valence-electron chi connectivity index (χ3n) is 2.98. The molecule has 1 saturated heterocycles. The number of para-hydroxylation sites is 1. The molecule has 1 unspecified atom stereocenters. The molecule has 1 heterocycles. The molecule has 2 rings (SSSR count). The Morgan fingerprint density at radius 2 is 2.17 bits per heavy atom. The summed E-state index contributed by atoms with van der Waals surface area (Å²) in [5.41, 5.74) is -0.398. The standard InChI is InChI=1S/C12H17NO4S/c1-18(15,16)11-5-3-2-4-10(11)13-8-12(14)6-7-17-9-12/h2-5,13-14H,6-9H2,1H3. The summed E-state index contributed by atoms with van der Waals surface area (Å²) >= 11 is 0. The summed E-state index contributed by atoms with van der Waals surface area (Å²) in [7, 11) is -3.27. The fraction of sp³-hybridized carbons (Fsp3) is 0.500. The summed E-state index contributed by atoms with van der Waals surface area (Å²) in [6.45, 7) is 1.09. The number of sulfone groups is 1. The molecule has 0 radical (unpaired) electrons. The highest BCUT2D eigenvalue weighted by molar-refractivity contribution is 7.90. The van der Waals surface area contributed by atoms with Gasteiger partial charge in [-0.15, -0.1) is 0 Å². The molecule has 1 atom stereocenters. The molecule has 0 aliphatic carbocycles. The largest absolute Gasteiger partial charge is 0.386 e. The van der Waals surface area contributed by atoms with Gasteiger partial charge in [-0.1, -0.05) is 12.1 Å². The van der Waals surface area contributed by atoms with E-state index < -0.39 is 15.4 Å². The number of rotatable bonds is 4. The smallest absolute Gasteiger partial charge is 0.177 e. The van der Waals surface area contributed by atoms with Crippen LogP contribution in [0.25, 0.3) is 0 Å². The SMILES string of the molecule is CS(=O)(=O)c1ccccc1NCC1(O)CCOC1. The van der Waals surface area contributed by atoms with Crippen LogP contribution in [0, 0.1) is 0 Å². The summed E-state index contributed by atoms with van der Waals surface area (Å²) in [5, 5.41) is 13.1. The molecule has 18 heavy (non-hydrogen) atoms. The van der Waals surface area contributed by atoms with Crippen LogP contribution in [0.5, 0.6) is 0 Å². The molecule has 0 bridgehead atoms. The van der Waals surface area contributed by atoms with Crippen LogP contribution in [0.2, 0.25) is 0 Å². The molecular weight excluding hydrogens is 254 g/mol. The Morgan fingerprint density at radius 1 is 1.44 bits per heavy atom. The van der Waals surface area contributed by atoms with E-state index in [1.807, 2.05) is 0 Å². The fourth-order valence-electron chi connectivity index (χ4n) is 1.93. The molecule has 1 aliphatic rings. The van der Waals surface area contributed by atoms with Crippen LogP contribution in [0.1, 0.15) is 6.42 Å². The molecule has 0 amide bonds. The maximum Gasteiger partial charge on any atom is 0.177 e. The van der Waals surface area contributed by atoms with Crippen molar-refractivity contribution in [2.45, 2.75) is 16.9 Å². The van der Waals surface area contributed by atoms with Crippen LogP contribution in [0.15, 0.2) is 29.2 Å². The van der Waals surface area contributed by atoms with Gasteiger partial charge in [0, 0.05) is 25.8 Å². The van der Waals surface area contributed by atoms with E-state index in [1.165, 1.54) is 6.26 Å². The molecule has 0 spiro atoms. The number of anilines is 1. The van der Waals surface area contributed by atoms with Gasteiger partial charge >= 0.3 is 0 Å². The van der Waals surface area contributed by atoms with Gasteiger partial charge in [-0.3, -0.25) is 0 Å². The minimum absolute atomic E-state index is 0.243. The quantitative estimate of drug-likeness (QED) is 0.841. The lowest BCUT2D eigenvalue weighted by atomic mass is 10.0. The highest BCUT2D eigenvalue weighted by Crippen LogP contribution is 2.23. The summed E-state index contributed by atoms with van der Waals surface area (Å²) in [4.78, 5) is 0.243. The number of ether oxygens (including phenoxy) is 1. The van der Waals surface area contributed by atoms with Gasteiger partial charge in [-0.2, -0.15) is 0 Å². The van der Waals surface area contributed by atoms with Crippen molar-refractivity contribution in [1.82, 2.24) is 0 Å². The van der Waals surface area contributed by atoms with Crippen LogP contribution < -0.4 is 5.32 Å². The number of hydrogen-bond acceptors (Lipinski definition) is 5. The fourth-order valence-corrected chi connectivity index (χ4v) is 2.80. The van der Waals surface area contributed by atoms with Crippen LogP contribution in [-0.2, 0) is 14.6 Å². The van der Waals surface area contributed by atoms with Gasteiger partial charge in [-0.05, 0) is 12.1 Å². The van der Waals surface area contributed by atoms with Crippen LogP contribution in [0.3, 0.4) is 0 Å². The van der Waals surface area contributed by atoms with E-state index in [4.69, 9.17) is 4.74 Å². The first kappa shape index (κ1) is 13.3. The van der Waals surface area contributed by atoms with Gasteiger partial charge < -0.3 is 15.2 Å². The van der Waals surface area contributed by atoms with E-state index in [9.17, 15) is 13.5 Å². The average molecular weight is 271 g/mol. The second kappa shape index (κ2) is 4.87. The molecule has 2 N–H and O–H groups in total. The minimum Gasteiger partial charge on any atom is -0.386 e. The van der Waals surface area contributed by atoms with Gasteiger partial charge in [0.05, 0.1) is 17.2 Å². The first-order valence-electron chi connectivity index (χ1n) is 5.74. The van der Waals surface area contributed by atoms with Gasteiger partial charge in [0.25, 0.3) is 0 Å². The monoisotopic (exact) mass is 271 g/mol. The summed E-state index contributed by atoms with van der Waals surface area (Å²) in [6.07, 6.45) is 1.72. The highest BCUT2D eigenvalue weighted by Gasteiger charge is 2.32. The zero-order chi connectivity index (χ0) is 13.2. The number of aliphatic hydroxyl groups is 1. The van der Waals surface area contributed by atoms with Crippen molar-refractivity contribution in [3.63, 3.8) is 0 Å². The third kappa shape index (κ3) is 3.01. The zero-order valence-corrected chi connectivity index (χ0v) is 11.0. The maximum atomic E-state index is 11.6. The molecular formula is C12H17NO4S. The van der Waals surface area contributed by atoms with Crippen molar-refractivity contribution in [3.05, 3.63) is 24.3 Å². The zero-order valence-electron chi connectivity index (χ0n) is 10.2. The summed E-state index contributed by atoms with van der Waals surface area (Å²) in [6, 6.07) is 6.67. The van der Waals surface area contributed by atoms with Crippen molar-refractivity contribution >= 4 is 15.5 Å². The Hall–Kier alpha value is -1.11. The van der Waals surface area contributed by atoms with Gasteiger partial charge in [0.2, 0.25) is 0 Å². The van der Waals surface area contributed by atoms with Crippen molar-refractivity contribution in [2.24, 2.45) is 0 Å². The Bertz CT molecular complexity index is 521. The number of benzene rings is 1. The Labute approximate surface area is 107 Å².